The Balaban J connectivity index is 1.43. The van der Waals surface area contributed by atoms with E-state index in [0.29, 0.717) is 12.1 Å². The smallest absolute Gasteiger partial charge is 0.414 e. The van der Waals surface area contributed by atoms with Crippen LogP contribution in [-0.4, -0.2) is 42.8 Å². The van der Waals surface area contributed by atoms with Crippen molar-refractivity contribution in [3.63, 3.8) is 0 Å². The van der Waals surface area contributed by atoms with Gasteiger partial charge >= 0.3 is 6.09 Å². The Morgan fingerprint density at radius 2 is 1.90 bits per heavy atom. The number of hydrogen-bond acceptors (Lipinski definition) is 3. The third-order valence-corrected chi connectivity index (χ3v) is 5.43. The van der Waals surface area contributed by atoms with E-state index in [9.17, 15) is 4.79 Å². The summed E-state index contributed by atoms with van der Waals surface area (Å²) in [5, 5.41) is 0. The lowest BCUT2D eigenvalue weighted by Gasteiger charge is -2.36. The van der Waals surface area contributed by atoms with E-state index >= 15 is 0 Å². The van der Waals surface area contributed by atoms with Gasteiger partial charge in [-0.3, -0.25) is 4.90 Å². The van der Waals surface area contributed by atoms with Gasteiger partial charge in [-0.15, -0.1) is 0 Å². The first-order valence-electron chi connectivity index (χ1n) is 8.00. The number of ether oxygens (including phenoxy) is 1. The maximum absolute atomic E-state index is 12.5. The van der Waals surface area contributed by atoms with E-state index in [1.807, 2.05) is 18.2 Å². The summed E-state index contributed by atoms with van der Waals surface area (Å²) in [5.41, 5.74) is 2.27. The highest BCUT2D eigenvalue weighted by Crippen LogP contribution is 2.36. The normalized spacial score (nSPS) is 31.3. The Morgan fingerprint density at radius 1 is 1.19 bits per heavy atom. The van der Waals surface area contributed by atoms with Crippen molar-refractivity contribution in [1.82, 2.24) is 4.90 Å². The number of carbonyl (C=O) groups excluding carboxylic acids is 1. The Morgan fingerprint density at radius 3 is 2.67 bits per heavy atom. The first-order valence-corrected chi connectivity index (χ1v) is 8.00. The van der Waals surface area contributed by atoms with Crippen molar-refractivity contribution in [1.29, 1.82) is 0 Å². The highest BCUT2D eigenvalue weighted by Gasteiger charge is 2.40. The molecule has 0 spiro atoms. The van der Waals surface area contributed by atoms with Gasteiger partial charge in [-0.1, -0.05) is 18.2 Å². The van der Waals surface area contributed by atoms with Crippen LogP contribution in [0.2, 0.25) is 0 Å². The van der Waals surface area contributed by atoms with Gasteiger partial charge in [0.05, 0.1) is 5.69 Å². The molecule has 2 saturated heterocycles. The zero-order chi connectivity index (χ0) is 14.4. The summed E-state index contributed by atoms with van der Waals surface area (Å²) >= 11 is 0. The SMILES string of the molecule is CN1C2CCC1CC(OC(=O)N1CCc3ccccc31)C2. The minimum absolute atomic E-state index is 0.0963. The topological polar surface area (TPSA) is 32.8 Å². The summed E-state index contributed by atoms with van der Waals surface area (Å²) in [6.45, 7) is 0.748. The minimum atomic E-state index is -0.158. The first-order chi connectivity index (χ1) is 10.2. The number of amides is 1. The van der Waals surface area contributed by atoms with Crippen LogP contribution in [0.5, 0.6) is 0 Å². The molecule has 112 valence electrons. The van der Waals surface area contributed by atoms with Crippen LogP contribution in [0.1, 0.15) is 31.2 Å². The summed E-state index contributed by atoms with van der Waals surface area (Å²) in [6.07, 6.45) is 5.36. The lowest BCUT2D eigenvalue weighted by Crippen LogP contribution is -2.44. The molecule has 3 aliphatic rings. The molecule has 0 radical (unpaired) electrons. The Bertz CT molecular complexity index is 545. The minimum Gasteiger partial charge on any atom is -0.446 e. The van der Waals surface area contributed by atoms with E-state index in [4.69, 9.17) is 4.74 Å². The van der Waals surface area contributed by atoms with Gasteiger partial charge in [-0.25, -0.2) is 4.79 Å². The average Bonchev–Trinajstić information content (AvgIpc) is 2.98. The third-order valence-electron chi connectivity index (χ3n) is 5.43. The fraction of sp³-hybridized carbons (Fsp3) is 0.588. The number of piperidine rings is 1. The molecule has 2 atom stereocenters. The fourth-order valence-corrected chi connectivity index (χ4v) is 4.19. The number of benzene rings is 1. The van der Waals surface area contributed by atoms with Crippen molar-refractivity contribution in [2.75, 3.05) is 18.5 Å². The molecule has 0 aliphatic carbocycles. The van der Waals surface area contributed by atoms with Gasteiger partial charge in [0.25, 0.3) is 0 Å². The van der Waals surface area contributed by atoms with Crippen LogP contribution < -0.4 is 4.90 Å². The molecule has 2 fully saturated rings. The van der Waals surface area contributed by atoms with E-state index in [0.717, 1.165) is 31.5 Å². The van der Waals surface area contributed by atoms with Gasteiger partial charge in [-0.2, -0.15) is 0 Å². The van der Waals surface area contributed by atoms with Crippen LogP contribution in [-0.2, 0) is 11.2 Å². The van der Waals surface area contributed by atoms with Gasteiger partial charge in [0, 0.05) is 31.5 Å². The molecule has 1 aromatic rings. The maximum Gasteiger partial charge on any atom is 0.414 e. The van der Waals surface area contributed by atoms with Gasteiger partial charge in [0.1, 0.15) is 6.10 Å². The molecule has 0 aromatic heterocycles. The molecule has 3 aliphatic heterocycles. The van der Waals surface area contributed by atoms with Crippen molar-refractivity contribution in [2.45, 2.75) is 50.3 Å². The molecule has 2 bridgehead atoms. The monoisotopic (exact) mass is 286 g/mol. The van der Waals surface area contributed by atoms with Crippen LogP contribution in [0, 0.1) is 0 Å². The Labute approximate surface area is 125 Å². The zero-order valence-corrected chi connectivity index (χ0v) is 12.5. The lowest BCUT2D eigenvalue weighted by atomic mass is 10.0. The average molecular weight is 286 g/mol. The number of hydrogen-bond donors (Lipinski definition) is 0. The summed E-state index contributed by atoms with van der Waals surface area (Å²) in [5.74, 6) is 0. The number of rotatable bonds is 1. The molecule has 2 unspecified atom stereocenters. The molecule has 0 N–H and O–H groups in total. The van der Waals surface area contributed by atoms with Crippen molar-refractivity contribution in [2.24, 2.45) is 0 Å². The summed E-state index contributed by atoms with van der Waals surface area (Å²) in [7, 11) is 2.21. The lowest BCUT2D eigenvalue weighted by molar-refractivity contribution is 0.0318. The molecular weight excluding hydrogens is 264 g/mol. The molecule has 1 aromatic carbocycles. The molecular formula is C17H22N2O2. The maximum atomic E-state index is 12.5. The van der Waals surface area contributed by atoms with E-state index in [2.05, 4.69) is 18.0 Å². The van der Waals surface area contributed by atoms with Crippen molar-refractivity contribution in [3.8, 4) is 0 Å². The highest BCUT2D eigenvalue weighted by atomic mass is 16.6. The van der Waals surface area contributed by atoms with Gasteiger partial charge in [-0.05, 0) is 37.9 Å². The largest absolute Gasteiger partial charge is 0.446 e. The number of carbonyl (C=O) groups is 1. The van der Waals surface area contributed by atoms with E-state index < -0.39 is 0 Å². The van der Waals surface area contributed by atoms with Gasteiger partial charge in [0.2, 0.25) is 0 Å². The summed E-state index contributed by atoms with van der Waals surface area (Å²) < 4.78 is 5.82. The highest BCUT2D eigenvalue weighted by molar-refractivity contribution is 5.90. The van der Waals surface area contributed by atoms with Crippen molar-refractivity contribution >= 4 is 11.8 Å². The van der Waals surface area contributed by atoms with Gasteiger partial charge in [0.15, 0.2) is 0 Å². The predicted molar refractivity (Wildman–Crippen MR) is 81.6 cm³/mol. The molecule has 4 rings (SSSR count). The van der Waals surface area contributed by atoms with Crippen LogP contribution >= 0.6 is 0 Å². The van der Waals surface area contributed by atoms with Gasteiger partial charge < -0.3 is 9.64 Å². The van der Waals surface area contributed by atoms with E-state index in [1.54, 1.807) is 4.90 Å². The molecule has 4 nitrogen and oxygen atoms in total. The van der Waals surface area contributed by atoms with E-state index in [-0.39, 0.29) is 12.2 Å². The zero-order valence-electron chi connectivity index (χ0n) is 12.5. The molecule has 4 heteroatoms. The quantitative estimate of drug-likeness (QED) is 0.796. The predicted octanol–water partition coefficient (Wildman–Crippen LogP) is 2.81. The summed E-state index contributed by atoms with van der Waals surface area (Å²) in [4.78, 5) is 16.8. The molecule has 0 saturated carbocycles. The number of fused-ring (bicyclic) bond motifs is 3. The number of anilines is 1. The number of para-hydroxylation sites is 1. The number of nitrogens with zero attached hydrogens (tertiary/aromatic N) is 2. The standard InChI is InChI=1S/C17H22N2O2/c1-18-13-6-7-14(18)11-15(10-13)21-17(20)19-9-8-12-4-2-3-5-16(12)19/h2-5,13-15H,6-11H2,1H3. The molecule has 3 heterocycles. The second-order valence-corrected chi connectivity index (χ2v) is 6.56. The van der Waals surface area contributed by atoms with Crippen LogP contribution in [0.15, 0.2) is 24.3 Å². The van der Waals surface area contributed by atoms with Crippen LogP contribution in [0.3, 0.4) is 0 Å². The molecule has 1 amide bonds. The summed E-state index contributed by atoms with van der Waals surface area (Å²) in [6, 6.07) is 9.34. The fourth-order valence-electron chi connectivity index (χ4n) is 4.19. The Kier molecular flexibility index (Phi) is 3.14. The Hall–Kier alpha value is -1.55. The third kappa shape index (κ3) is 2.22. The van der Waals surface area contributed by atoms with Crippen LogP contribution in [0.25, 0.3) is 0 Å². The van der Waals surface area contributed by atoms with Crippen molar-refractivity contribution in [3.05, 3.63) is 29.8 Å². The first kappa shape index (κ1) is 13.1. The van der Waals surface area contributed by atoms with Crippen molar-refractivity contribution < 1.29 is 9.53 Å². The second kappa shape index (κ2) is 5.02. The van der Waals surface area contributed by atoms with E-state index in [1.165, 1.54) is 18.4 Å². The van der Waals surface area contributed by atoms with Crippen LogP contribution in [0.4, 0.5) is 10.5 Å². The molecule has 21 heavy (non-hydrogen) atoms. The second-order valence-electron chi connectivity index (χ2n) is 6.56.